The highest BCUT2D eigenvalue weighted by atomic mass is 32.1. The van der Waals surface area contributed by atoms with Crippen LogP contribution >= 0.6 is 12.6 Å². The number of hydrogen-bond donors (Lipinski definition) is 7. The standard InChI is InChI=1S/C29H51N7O7S/c1-16(2)22(31)26(39)34-23(17(3)4)28(41)36-14-8-11-21(36)27(40)35-13-7-10-20(35)25(38)33-19(15-44)24(37)32-18(29(42)43)9-5-6-12-30/h16-23,44H,5-15,30-31H2,1-4H3,(H,32,37)(H,33,38)(H,34,39)(H,42,43)/t18-,19-,20-,21-,22-,23-/m0/s1. The van der Waals surface area contributed by atoms with Gasteiger partial charge in [0.1, 0.15) is 30.2 Å². The number of amides is 5. The summed E-state index contributed by atoms with van der Waals surface area (Å²) in [4.78, 5) is 80.9. The Labute approximate surface area is 265 Å². The summed E-state index contributed by atoms with van der Waals surface area (Å²) in [5, 5.41) is 17.4. The number of likely N-dealkylation sites (tertiary alicyclic amines) is 2. The molecular weight excluding hydrogens is 590 g/mol. The van der Waals surface area contributed by atoms with Gasteiger partial charge in [-0.15, -0.1) is 0 Å². The van der Waals surface area contributed by atoms with Crippen LogP contribution in [0.5, 0.6) is 0 Å². The number of nitrogens with one attached hydrogen (secondary N) is 3. The average molecular weight is 642 g/mol. The molecule has 2 fully saturated rings. The van der Waals surface area contributed by atoms with Crippen molar-refractivity contribution >= 4 is 48.1 Å². The molecule has 0 aromatic rings. The van der Waals surface area contributed by atoms with E-state index in [2.05, 4.69) is 28.6 Å². The van der Waals surface area contributed by atoms with Gasteiger partial charge in [0.15, 0.2) is 0 Å². The van der Waals surface area contributed by atoms with E-state index in [1.165, 1.54) is 9.80 Å². The molecule has 15 heteroatoms. The topological polar surface area (TPSA) is 217 Å². The van der Waals surface area contributed by atoms with Gasteiger partial charge in [0.05, 0.1) is 6.04 Å². The van der Waals surface area contributed by atoms with Gasteiger partial charge in [-0.25, -0.2) is 4.79 Å². The summed E-state index contributed by atoms with van der Waals surface area (Å²) in [5.41, 5.74) is 11.5. The Hall–Kier alpha value is -2.91. The second kappa shape index (κ2) is 17.5. The van der Waals surface area contributed by atoms with E-state index in [4.69, 9.17) is 11.5 Å². The zero-order valence-electron chi connectivity index (χ0n) is 26.3. The number of hydrogen-bond acceptors (Lipinski definition) is 9. The summed E-state index contributed by atoms with van der Waals surface area (Å²) in [6.45, 7) is 8.30. The van der Waals surface area contributed by atoms with Gasteiger partial charge in [-0.2, -0.15) is 12.6 Å². The highest BCUT2D eigenvalue weighted by Gasteiger charge is 2.44. The molecule has 2 saturated heterocycles. The highest BCUT2D eigenvalue weighted by molar-refractivity contribution is 7.80. The van der Waals surface area contributed by atoms with Gasteiger partial charge < -0.3 is 42.3 Å². The van der Waals surface area contributed by atoms with Crippen LogP contribution in [0.25, 0.3) is 0 Å². The summed E-state index contributed by atoms with van der Waals surface area (Å²) in [6, 6.07) is -5.54. The average Bonchev–Trinajstić information content (AvgIpc) is 3.67. The Morgan fingerprint density at radius 2 is 1.45 bits per heavy atom. The Balaban J connectivity index is 2.11. The molecule has 6 atom stereocenters. The predicted molar refractivity (Wildman–Crippen MR) is 167 cm³/mol. The first kappa shape index (κ1) is 37.3. The second-order valence-corrected chi connectivity index (χ2v) is 12.7. The van der Waals surface area contributed by atoms with Crippen molar-refractivity contribution in [1.29, 1.82) is 0 Å². The van der Waals surface area contributed by atoms with Crippen molar-refractivity contribution < 1.29 is 33.9 Å². The number of carboxylic acids is 1. The molecular formula is C29H51N7O7S. The van der Waals surface area contributed by atoms with Crippen LogP contribution in [0.15, 0.2) is 0 Å². The minimum Gasteiger partial charge on any atom is -0.480 e. The molecule has 2 aliphatic rings. The van der Waals surface area contributed by atoms with Crippen molar-refractivity contribution in [1.82, 2.24) is 25.8 Å². The van der Waals surface area contributed by atoms with Gasteiger partial charge in [0.2, 0.25) is 29.5 Å². The molecule has 44 heavy (non-hydrogen) atoms. The van der Waals surface area contributed by atoms with Gasteiger partial charge in [-0.05, 0) is 63.3 Å². The summed E-state index contributed by atoms with van der Waals surface area (Å²) in [6.07, 6.45) is 3.26. The summed E-state index contributed by atoms with van der Waals surface area (Å²) in [7, 11) is 0. The molecule has 0 aliphatic carbocycles. The Morgan fingerprint density at radius 1 is 0.841 bits per heavy atom. The monoisotopic (exact) mass is 641 g/mol. The van der Waals surface area contributed by atoms with E-state index in [0.29, 0.717) is 58.2 Å². The third kappa shape index (κ3) is 9.80. The van der Waals surface area contributed by atoms with Crippen LogP contribution in [0, 0.1) is 11.8 Å². The first-order valence-electron chi connectivity index (χ1n) is 15.6. The van der Waals surface area contributed by atoms with Gasteiger partial charge in [0.25, 0.3) is 0 Å². The summed E-state index contributed by atoms with van der Waals surface area (Å²) < 4.78 is 0. The molecule has 0 aromatic heterocycles. The van der Waals surface area contributed by atoms with Crippen LogP contribution in [0.3, 0.4) is 0 Å². The van der Waals surface area contributed by atoms with Crippen molar-refractivity contribution in [3.8, 4) is 0 Å². The number of aliphatic carboxylic acids is 1. The molecule has 5 amide bonds. The fourth-order valence-electron chi connectivity index (χ4n) is 5.51. The van der Waals surface area contributed by atoms with Crippen molar-refractivity contribution in [3.63, 3.8) is 0 Å². The minimum absolute atomic E-state index is 0.0823. The molecule has 0 bridgehead atoms. The lowest BCUT2D eigenvalue weighted by molar-refractivity contribution is -0.148. The maximum atomic E-state index is 13.8. The molecule has 250 valence electrons. The third-order valence-corrected chi connectivity index (χ3v) is 8.65. The molecule has 0 aromatic carbocycles. The molecule has 2 rings (SSSR count). The normalized spacial score (nSPS) is 21.1. The van der Waals surface area contributed by atoms with E-state index in [1.54, 1.807) is 0 Å². The summed E-state index contributed by atoms with van der Waals surface area (Å²) in [5.74, 6) is -4.04. The Kier molecular flexibility index (Phi) is 14.9. The molecule has 0 unspecified atom stereocenters. The van der Waals surface area contributed by atoms with Gasteiger partial charge >= 0.3 is 5.97 Å². The lowest BCUT2D eigenvalue weighted by atomic mass is 9.99. The zero-order valence-corrected chi connectivity index (χ0v) is 27.2. The fourth-order valence-corrected chi connectivity index (χ4v) is 5.77. The number of nitrogens with zero attached hydrogens (tertiary/aromatic N) is 2. The molecule has 8 N–H and O–H groups in total. The van der Waals surface area contributed by atoms with Crippen LogP contribution < -0.4 is 27.4 Å². The summed E-state index contributed by atoms with van der Waals surface area (Å²) >= 11 is 4.18. The second-order valence-electron chi connectivity index (χ2n) is 12.3. The van der Waals surface area contributed by atoms with E-state index < -0.39 is 59.9 Å². The predicted octanol–water partition coefficient (Wildman–Crippen LogP) is -0.794. The molecule has 0 spiro atoms. The van der Waals surface area contributed by atoms with E-state index in [0.717, 1.165) is 0 Å². The number of carbonyl (C=O) groups is 6. The molecule has 0 radical (unpaired) electrons. The zero-order chi connectivity index (χ0) is 33.1. The number of carbonyl (C=O) groups excluding carboxylic acids is 5. The maximum absolute atomic E-state index is 13.8. The van der Waals surface area contributed by atoms with Crippen LogP contribution in [0.2, 0.25) is 0 Å². The van der Waals surface area contributed by atoms with Gasteiger partial charge in [0, 0.05) is 18.8 Å². The number of thiol groups is 1. The molecule has 0 saturated carbocycles. The minimum atomic E-state index is -1.19. The van der Waals surface area contributed by atoms with E-state index in [-0.39, 0.29) is 35.8 Å². The Bertz CT molecular complexity index is 1040. The Morgan fingerprint density at radius 3 is 2.00 bits per heavy atom. The first-order valence-corrected chi connectivity index (χ1v) is 16.2. The lowest BCUT2D eigenvalue weighted by Gasteiger charge is -2.34. The smallest absolute Gasteiger partial charge is 0.326 e. The van der Waals surface area contributed by atoms with Gasteiger partial charge in [-0.3, -0.25) is 24.0 Å². The van der Waals surface area contributed by atoms with Crippen molar-refractivity contribution in [2.45, 2.75) is 109 Å². The third-order valence-electron chi connectivity index (χ3n) is 8.29. The number of rotatable bonds is 16. The molecule has 14 nitrogen and oxygen atoms in total. The maximum Gasteiger partial charge on any atom is 0.326 e. The molecule has 2 aliphatic heterocycles. The quantitative estimate of drug-likeness (QED) is 0.0828. The highest BCUT2D eigenvalue weighted by Crippen LogP contribution is 2.26. The van der Waals surface area contributed by atoms with Crippen LogP contribution in [0.1, 0.15) is 72.6 Å². The van der Waals surface area contributed by atoms with E-state index in [1.807, 2.05) is 27.7 Å². The first-order chi connectivity index (χ1) is 20.7. The SMILES string of the molecule is CC(C)[C@H](N)C(=O)N[C@H](C(=O)N1CCC[C@H]1C(=O)N1CCC[C@H]1C(=O)N[C@@H](CS)C(=O)N[C@@H](CCCCN)C(=O)O)C(C)C. The van der Waals surface area contributed by atoms with E-state index in [9.17, 15) is 33.9 Å². The van der Waals surface area contributed by atoms with Crippen molar-refractivity contribution in [3.05, 3.63) is 0 Å². The van der Waals surface area contributed by atoms with Crippen LogP contribution in [-0.4, -0.2) is 112 Å². The number of nitrogens with two attached hydrogens (primary N) is 2. The number of unbranched alkanes of at least 4 members (excludes halogenated alkanes) is 1. The lowest BCUT2D eigenvalue weighted by Crippen LogP contribution is -2.59. The van der Waals surface area contributed by atoms with E-state index >= 15 is 0 Å². The molecule has 2 heterocycles. The largest absolute Gasteiger partial charge is 0.480 e. The fraction of sp³-hybridized carbons (Fsp3) is 0.793. The van der Waals surface area contributed by atoms with Crippen LogP contribution in [0.4, 0.5) is 0 Å². The van der Waals surface area contributed by atoms with Crippen molar-refractivity contribution in [2.24, 2.45) is 23.3 Å². The van der Waals surface area contributed by atoms with Gasteiger partial charge in [-0.1, -0.05) is 27.7 Å². The number of carboxylic acid groups (broad SMARTS) is 1. The van der Waals surface area contributed by atoms with Crippen LogP contribution in [-0.2, 0) is 28.8 Å². The van der Waals surface area contributed by atoms with Crippen molar-refractivity contribution in [2.75, 3.05) is 25.4 Å².